The molecule has 6 atom stereocenters. The van der Waals surface area contributed by atoms with Gasteiger partial charge in [-0.25, -0.2) is 0 Å². The quantitative estimate of drug-likeness (QED) is 0.683. The Bertz CT molecular complexity index is 423. The van der Waals surface area contributed by atoms with E-state index in [0.29, 0.717) is 5.56 Å². The largest absolute Gasteiger partial charge is 0.390 e. The molecule has 1 saturated heterocycles. The van der Waals surface area contributed by atoms with Crippen LogP contribution in [0.5, 0.6) is 0 Å². The molecule has 0 amide bonds. The lowest BCUT2D eigenvalue weighted by molar-refractivity contribution is -0.288. The average Bonchev–Trinajstić information content (AvgIpc) is 2.52. The molecular formula is C15H22O6. The van der Waals surface area contributed by atoms with Crippen molar-refractivity contribution in [3.05, 3.63) is 35.9 Å². The first-order valence-electron chi connectivity index (χ1n) is 6.93. The van der Waals surface area contributed by atoms with Crippen LogP contribution in [0.1, 0.15) is 18.8 Å². The molecule has 1 aliphatic heterocycles. The first kappa shape index (κ1) is 16.4. The second-order valence-corrected chi connectivity index (χ2v) is 5.22. The van der Waals surface area contributed by atoms with Gasteiger partial charge < -0.3 is 29.5 Å². The Balaban J connectivity index is 1.93. The molecule has 3 N–H and O–H groups in total. The molecule has 0 radical (unpaired) electrons. The smallest absolute Gasteiger partial charge is 0.186 e. The van der Waals surface area contributed by atoms with Crippen LogP contribution in [0.25, 0.3) is 0 Å². The molecule has 6 nitrogen and oxygen atoms in total. The van der Waals surface area contributed by atoms with Crippen molar-refractivity contribution in [2.75, 3.05) is 13.7 Å². The van der Waals surface area contributed by atoms with E-state index in [9.17, 15) is 15.3 Å². The fourth-order valence-electron chi connectivity index (χ4n) is 2.35. The SMILES string of the molecule is CO[C@@H]1O[C@H](CO[C@H](O)c2ccccc2)[C@@H](C)[C@H](O)[C@H]1O. The van der Waals surface area contributed by atoms with Crippen LogP contribution in [-0.2, 0) is 14.2 Å². The van der Waals surface area contributed by atoms with Crippen molar-refractivity contribution >= 4 is 0 Å². The zero-order valence-electron chi connectivity index (χ0n) is 12.1. The predicted octanol–water partition coefficient (Wildman–Crippen LogP) is 0.423. The molecule has 1 heterocycles. The number of aliphatic hydroxyl groups excluding tert-OH is 3. The number of ether oxygens (including phenoxy) is 3. The van der Waals surface area contributed by atoms with Gasteiger partial charge in [0.05, 0.1) is 18.8 Å². The van der Waals surface area contributed by atoms with Gasteiger partial charge in [-0.3, -0.25) is 0 Å². The van der Waals surface area contributed by atoms with Gasteiger partial charge in [0.25, 0.3) is 0 Å². The highest BCUT2D eigenvalue weighted by molar-refractivity contribution is 5.15. The Kier molecular flexibility index (Phi) is 5.69. The maximum absolute atomic E-state index is 9.97. The fraction of sp³-hybridized carbons (Fsp3) is 0.600. The van der Waals surface area contributed by atoms with Crippen molar-refractivity contribution in [3.8, 4) is 0 Å². The van der Waals surface area contributed by atoms with Crippen LogP contribution in [0.3, 0.4) is 0 Å². The number of aliphatic hydroxyl groups is 3. The van der Waals surface area contributed by atoms with E-state index in [0.717, 1.165) is 0 Å². The van der Waals surface area contributed by atoms with Crippen LogP contribution in [-0.4, -0.2) is 53.6 Å². The Morgan fingerprint density at radius 2 is 1.86 bits per heavy atom. The third kappa shape index (κ3) is 3.79. The monoisotopic (exact) mass is 298 g/mol. The average molecular weight is 298 g/mol. The standard InChI is InChI=1S/C15H22O6/c1-9-11(21-15(19-2)13(17)12(9)16)8-20-14(18)10-6-4-3-5-7-10/h3-7,9,11-18H,8H2,1-2H3/t9-,11-,12+,13-,14+,15-/m1/s1. The van der Waals surface area contributed by atoms with Gasteiger partial charge in [-0.15, -0.1) is 0 Å². The normalized spacial score (nSPS) is 34.6. The number of benzene rings is 1. The third-order valence-corrected chi connectivity index (χ3v) is 3.80. The zero-order valence-corrected chi connectivity index (χ0v) is 12.1. The van der Waals surface area contributed by atoms with Crippen LogP contribution >= 0.6 is 0 Å². The van der Waals surface area contributed by atoms with Crippen molar-refractivity contribution < 1.29 is 29.5 Å². The maximum Gasteiger partial charge on any atom is 0.186 e. The van der Waals surface area contributed by atoms with Crippen LogP contribution in [0.2, 0.25) is 0 Å². The van der Waals surface area contributed by atoms with Crippen molar-refractivity contribution in [3.63, 3.8) is 0 Å². The van der Waals surface area contributed by atoms with E-state index in [-0.39, 0.29) is 12.5 Å². The molecule has 0 aromatic heterocycles. The van der Waals surface area contributed by atoms with Crippen molar-refractivity contribution in [1.82, 2.24) is 0 Å². The topological polar surface area (TPSA) is 88.4 Å². The summed E-state index contributed by atoms with van der Waals surface area (Å²) < 4.78 is 15.9. The first-order valence-corrected chi connectivity index (χ1v) is 6.93. The summed E-state index contributed by atoms with van der Waals surface area (Å²) in [5, 5.41) is 29.7. The van der Waals surface area contributed by atoms with Gasteiger partial charge in [0.2, 0.25) is 0 Å². The van der Waals surface area contributed by atoms with Crippen molar-refractivity contribution in [1.29, 1.82) is 0 Å². The van der Waals surface area contributed by atoms with Crippen LogP contribution < -0.4 is 0 Å². The second kappa shape index (κ2) is 7.31. The summed E-state index contributed by atoms with van der Waals surface area (Å²) in [7, 11) is 1.40. The Hall–Kier alpha value is -1.02. The molecule has 0 spiro atoms. The highest BCUT2D eigenvalue weighted by atomic mass is 16.7. The van der Waals surface area contributed by atoms with Crippen molar-refractivity contribution in [2.45, 2.75) is 37.8 Å². The molecule has 0 saturated carbocycles. The van der Waals surface area contributed by atoms with Crippen LogP contribution in [0.15, 0.2) is 30.3 Å². The molecule has 6 heteroatoms. The Morgan fingerprint density at radius 3 is 2.48 bits per heavy atom. The maximum atomic E-state index is 9.97. The zero-order chi connectivity index (χ0) is 15.4. The van der Waals surface area contributed by atoms with E-state index in [1.165, 1.54) is 7.11 Å². The minimum atomic E-state index is -1.10. The molecule has 0 bridgehead atoms. The fourth-order valence-corrected chi connectivity index (χ4v) is 2.35. The van der Waals surface area contributed by atoms with Crippen LogP contribution in [0, 0.1) is 5.92 Å². The molecule has 1 aliphatic rings. The lowest BCUT2D eigenvalue weighted by atomic mass is 9.91. The Labute approximate surface area is 123 Å². The van der Waals surface area contributed by atoms with Crippen LogP contribution in [0.4, 0.5) is 0 Å². The minimum absolute atomic E-state index is 0.0842. The Morgan fingerprint density at radius 1 is 1.19 bits per heavy atom. The van der Waals surface area contributed by atoms with Gasteiger partial charge in [0.1, 0.15) is 6.10 Å². The van der Waals surface area contributed by atoms with E-state index in [1.54, 1.807) is 19.1 Å². The lowest BCUT2D eigenvalue weighted by Gasteiger charge is -2.40. The summed E-state index contributed by atoms with van der Waals surface area (Å²) in [5.74, 6) is -0.339. The molecule has 1 fully saturated rings. The number of hydrogen-bond donors (Lipinski definition) is 3. The summed E-state index contributed by atoms with van der Waals surface area (Å²) in [6, 6.07) is 8.98. The molecule has 21 heavy (non-hydrogen) atoms. The molecule has 118 valence electrons. The van der Waals surface area contributed by atoms with E-state index in [1.807, 2.05) is 18.2 Å². The molecule has 0 aliphatic carbocycles. The van der Waals surface area contributed by atoms with Gasteiger partial charge in [-0.05, 0) is 0 Å². The van der Waals surface area contributed by atoms with E-state index >= 15 is 0 Å². The highest BCUT2D eigenvalue weighted by Crippen LogP contribution is 2.27. The van der Waals surface area contributed by atoms with Gasteiger partial charge >= 0.3 is 0 Å². The molecule has 2 rings (SSSR count). The van der Waals surface area contributed by atoms with Crippen molar-refractivity contribution in [2.24, 2.45) is 5.92 Å². The molecule has 1 aromatic rings. The van der Waals surface area contributed by atoms with E-state index in [2.05, 4.69) is 0 Å². The first-order chi connectivity index (χ1) is 10.0. The van der Waals surface area contributed by atoms with E-state index < -0.39 is 30.9 Å². The number of rotatable bonds is 5. The molecule has 1 aromatic carbocycles. The minimum Gasteiger partial charge on any atom is -0.390 e. The summed E-state index contributed by atoms with van der Waals surface area (Å²) in [5.41, 5.74) is 0.643. The summed E-state index contributed by atoms with van der Waals surface area (Å²) in [6.07, 6.45) is -4.51. The second-order valence-electron chi connectivity index (χ2n) is 5.22. The molecular weight excluding hydrogens is 276 g/mol. The van der Waals surface area contributed by atoms with Gasteiger partial charge in [-0.1, -0.05) is 37.3 Å². The predicted molar refractivity (Wildman–Crippen MR) is 74.2 cm³/mol. The summed E-state index contributed by atoms with van der Waals surface area (Å²) in [4.78, 5) is 0. The van der Waals surface area contributed by atoms with Gasteiger partial charge in [0.15, 0.2) is 12.6 Å². The van der Waals surface area contributed by atoms with Gasteiger partial charge in [0, 0.05) is 18.6 Å². The summed E-state index contributed by atoms with van der Waals surface area (Å²) >= 11 is 0. The number of hydrogen-bond acceptors (Lipinski definition) is 6. The highest BCUT2D eigenvalue weighted by Gasteiger charge is 2.42. The third-order valence-electron chi connectivity index (χ3n) is 3.80. The number of methoxy groups -OCH3 is 1. The molecule has 0 unspecified atom stereocenters. The summed E-state index contributed by atoms with van der Waals surface area (Å²) in [6.45, 7) is 1.84. The lowest BCUT2D eigenvalue weighted by Crippen LogP contribution is -2.55. The van der Waals surface area contributed by atoms with E-state index in [4.69, 9.17) is 14.2 Å². The van der Waals surface area contributed by atoms with Gasteiger partial charge in [-0.2, -0.15) is 0 Å².